The van der Waals surface area contributed by atoms with Gasteiger partial charge in [-0.3, -0.25) is 4.90 Å². The summed E-state index contributed by atoms with van der Waals surface area (Å²) in [6.45, 7) is 8.08. The third kappa shape index (κ3) is 2.20. The van der Waals surface area contributed by atoms with E-state index in [0.29, 0.717) is 5.54 Å². The highest BCUT2D eigenvalue weighted by atomic mass is 32.2. The van der Waals surface area contributed by atoms with E-state index in [1.807, 2.05) is 0 Å². The highest BCUT2D eigenvalue weighted by molar-refractivity contribution is 8.00. The van der Waals surface area contributed by atoms with Gasteiger partial charge >= 0.3 is 0 Å². The van der Waals surface area contributed by atoms with Gasteiger partial charge in [0.05, 0.1) is 0 Å². The number of rotatable bonds is 3. The van der Waals surface area contributed by atoms with Crippen molar-refractivity contribution in [2.45, 2.75) is 43.9 Å². The summed E-state index contributed by atoms with van der Waals surface area (Å²) >= 11 is 2.10. The van der Waals surface area contributed by atoms with E-state index in [1.54, 1.807) is 0 Å². The van der Waals surface area contributed by atoms with Crippen LogP contribution in [0.2, 0.25) is 0 Å². The lowest BCUT2D eigenvalue weighted by atomic mass is 9.94. The lowest BCUT2D eigenvalue weighted by Crippen LogP contribution is -2.53. The molecule has 0 aromatic heterocycles. The topological polar surface area (TPSA) is 29.3 Å². The molecule has 15 heavy (non-hydrogen) atoms. The molecule has 2 nitrogen and oxygen atoms in total. The van der Waals surface area contributed by atoms with E-state index >= 15 is 0 Å². The average Bonchev–Trinajstić information content (AvgIpc) is 2.84. The van der Waals surface area contributed by atoms with Crippen molar-refractivity contribution in [3.05, 3.63) is 0 Å². The van der Waals surface area contributed by atoms with E-state index in [0.717, 1.165) is 17.7 Å². The van der Waals surface area contributed by atoms with Gasteiger partial charge in [-0.25, -0.2) is 0 Å². The van der Waals surface area contributed by atoms with Crippen molar-refractivity contribution in [3.8, 4) is 0 Å². The fourth-order valence-corrected chi connectivity index (χ4v) is 4.48. The molecular formula is C12H24N2S. The highest BCUT2D eigenvalue weighted by Crippen LogP contribution is 2.40. The van der Waals surface area contributed by atoms with Crippen LogP contribution in [-0.2, 0) is 0 Å². The van der Waals surface area contributed by atoms with E-state index in [9.17, 15) is 0 Å². The van der Waals surface area contributed by atoms with Gasteiger partial charge in [0.15, 0.2) is 0 Å². The Labute approximate surface area is 98.0 Å². The molecule has 2 rings (SSSR count). The molecule has 2 heterocycles. The molecular weight excluding hydrogens is 204 g/mol. The number of nitrogens with zero attached hydrogens (tertiary/aromatic N) is 1. The molecule has 0 saturated carbocycles. The predicted molar refractivity (Wildman–Crippen MR) is 68.3 cm³/mol. The van der Waals surface area contributed by atoms with E-state index in [4.69, 9.17) is 5.73 Å². The largest absolute Gasteiger partial charge is 0.329 e. The van der Waals surface area contributed by atoms with E-state index in [1.165, 1.54) is 38.1 Å². The van der Waals surface area contributed by atoms with Gasteiger partial charge in [0.1, 0.15) is 0 Å². The number of thioether (sulfide) groups is 1. The number of likely N-dealkylation sites (tertiary alicyclic amines) is 1. The Bertz CT molecular complexity index is 222. The zero-order valence-electron chi connectivity index (χ0n) is 10.0. The Morgan fingerprint density at radius 2 is 2.33 bits per heavy atom. The molecule has 2 saturated heterocycles. The molecule has 0 aliphatic carbocycles. The van der Waals surface area contributed by atoms with Crippen LogP contribution in [0.1, 0.15) is 33.1 Å². The summed E-state index contributed by atoms with van der Waals surface area (Å²) in [6, 6.07) is 0. The quantitative estimate of drug-likeness (QED) is 0.800. The van der Waals surface area contributed by atoms with Crippen molar-refractivity contribution >= 4 is 11.8 Å². The SMILES string of the molecule is CCC1CCN(C2(CN)CSC(C)C2)C1. The van der Waals surface area contributed by atoms with Crippen molar-refractivity contribution in [2.75, 3.05) is 25.4 Å². The summed E-state index contributed by atoms with van der Waals surface area (Å²) in [4.78, 5) is 2.69. The lowest BCUT2D eigenvalue weighted by molar-refractivity contribution is 0.139. The van der Waals surface area contributed by atoms with Gasteiger partial charge in [-0.15, -0.1) is 0 Å². The first-order valence-electron chi connectivity index (χ1n) is 6.27. The van der Waals surface area contributed by atoms with Crippen LogP contribution in [-0.4, -0.2) is 41.1 Å². The minimum Gasteiger partial charge on any atom is -0.329 e. The molecule has 2 fully saturated rings. The van der Waals surface area contributed by atoms with Gasteiger partial charge in [-0.1, -0.05) is 20.3 Å². The maximum Gasteiger partial charge on any atom is 0.0432 e. The van der Waals surface area contributed by atoms with E-state index in [-0.39, 0.29) is 0 Å². The molecule has 2 N–H and O–H groups in total. The predicted octanol–water partition coefficient (Wildman–Crippen LogP) is 1.94. The summed E-state index contributed by atoms with van der Waals surface area (Å²) < 4.78 is 0. The second kappa shape index (κ2) is 4.64. The minimum absolute atomic E-state index is 0.341. The van der Waals surface area contributed by atoms with Crippen LogP contribution in [0.15, 0.2) is 0 Å². The Balaban J connectivity index is 2.01. The highest BCUT2D eigenvalue weighted by Gasteiger charge is 2.44. The Morgan fingerprint density at radius 3 is 2.80 bits per heavy atom. The van der Waals surface area contributed by atoms with Crippen LogP contribution >= 0.6 is 11.8 Å². The summed E-state index contributed by atoms with van der Waals surface area (Å²) in [5.74, 6) is 2.18. The van der Waals surface area contributed by atoms with Gasteiger partial charge < -0.3 is 5.73 Å². The summed E-state index contributed by atoms with van der Waals surface area (Å²) in [5, 5.41) is 0.800. The third-order valence-electron chi connectivity index (χ3n) is 4.22. The number of hydrogen-bond donors (Lipinski definition) is 1. The first-order chi connectivity index (χ1) is 7.20. The molecule has 2 aliphatic rings. The molecule has 0 bridgehead atoms. The minimum atomic E-state index is 0.341. The molecule has 0 spiro atoms. The van der Waals surface area contributed by atoms with Crippen molar-refractivity contribution in [2.24, 2.45) is 11.7 Å². The molecule has 0 amide bonds. The smallest absolute Gasteiger partial charge is 0.0432 e. The first-order valence-corrected chi connectivity index (χ1v) is 7.32. The molecule has 0 aromatic rings. The summed E-state index contributed by atoms with van der Waals surface area (Å²) in [6.07, 6.45) is 4.02. The molecule has 88 valence electrons. The van der Waals surface area contributed by atoms with Crippen molar-refractivity contribution < 1.29 is 0 Å². The molecule has 3 heteroatoms. The molecule has 0 aromatic carbocycles. The Hall–Kier alpha value is 0.270. The van der Waals surface area contributed by atoms with Crippen LogP contribution in [0.25, 0.3) is 0 Å². The van der Waals surface area contributed by atoms with Crippen molar-refractivity contribution in [1.29, 1.82) is 0 Å². The zero-order chi connectivity index (χ0) is 10.9. The molecule has 2 aliphatic heterocycles. The van der Waals surface area contributed by atoms with Crippen LogP contribution in [0.5, 0.6) is 0 Å². The standard InChI is InChI=1S/C12H24N2S/c1-3-11-4-5-14(7-11)12(8-13)6-10(2)15-9-12/h10-11H,3-9,13H2,1-2H3. The van der Waals surface area contributed by atoms with Crippen molar-refractivity contribution in [3.63, 3.8) is 0 Å². The van der Waals surface area contributed by atoms with E-state index < -0.39 is 0 Å². The van der Waals surface area contributed by atoms with Crippen LogP contribution < -0.4 is 5.73 Å². The Kier molecular flexibility index (Phi) is 3.63. The maximum atomic E-state index is 6.04. The van der Waals surface area contributed by atoms with Crippen molar-refractivity contribution in [1.82, 2.24) is 4.90 Å². The lowest BCUT2D eigenvalue weighted by Gasteiger charge is -2.37. The normalized spacial score (nSPS) is 42.6. The second-order valence-corrected chi connectivity index (χ2v) is 6.69. The molecule has 0 radical (unpaired) electrons. The van der Waals surface area contributed by atoms with Gasteiger partial charge in [0.2, 0.25) is 0 Å². The maximum absolute atomic E-state index is 6.04. The fourth-order valence-electron chi connectivity index (χ4n) is 3.04. The van der Waals surface area contributed by atoms with Crippen LogP contribution in [0, 0.1) is 5.92 Å². The third-order valence-corrected chi connectivity index (χ3v) is 5.66. The molecule has 3 unspecified atom stereocenters. The van der Waals surface area contributed by atoms with Crippen LogP contribution in [0.3, 0.4) is 0 Å². The second-order valence-electron chi connectivity index (χ2n) is 5.26. The van der Waals surface area contributed by atoms with Gasteiger partial charge in [-0.05, 0) is 25.3 Å². The first kappa shape index (κ1) is 11.7. The van der Waals surface area contributed by atoms with Gasteiger partial charge in [-0.2, -0.15) is 11.8 Å². The van der Waals surface area contributed by atoms with E-state index in [2.05, 4.69) is 30.5 Å². The number of nitrogens with two attached hydrogens (primary N) is 1. The number of hydrogen-bond acceptors (Lipinski definition) is 3. The summed E-state index contributed by atoms with van der Waals surface area (Å²) in [7, 11) is 0. The zero-order valence-corrected chi connectivity index (χ0v) is 10.9. The fraction of sp³-hybridized carbons (Fsp3) is 1.00. The van der Waals surface area contributed by atoms with Gasteiger partial charge in [0, 0.05) is 29.6 Å². The Morgan fingerprint density at radius 1 is 1.53 bits per heavy atom. The monoisotopic (exact) mass is 228 g/mol. The average molecular weight is 228 g/mol. The van der Waals surface area contributed by atoms with Gasteiger partial charge in [0.25, 0.3) is 0 Å². The molecule has 3 atom stereocenters. The summed E-state index contributed by atoms with van der Waals surface area (Å²) in [5.41, 5.74) is 6.38. The van der Waals surface area contributed by atoms with Crippen LogP contribution in [0.4, 0.5) is 0 Å².